The molecule has 9 heteroatoms. The van der Waals surface area contributed by atoms with Crippen LogP contribution in [0.2, 0.25) is 0 Å². The summed E-state index contributed by atoms with van der Waals surface area (Å²) in [5.41, 5.74) is 0.825. The van der Waals surface area contributed by atoms with Crippen LogP contribution < -0.4 is 5.32 Å². The highest BCUT2D eigenvalue weighted by Gasteiger charge is 2.52. The highest BCUT2D eigenvalue weighted by Crippen LogP contribution is 2.34. The van der Waals surface area contributed by atoms with E-state index in [1.807, 2.05) is 30.3 Å². The summed E-state index contributed by atoms with van der Waals surface area (Å²) in [7, 11) is 0. The maximum absolute atomic E-state index is 12.6. The molecule has 4 rings (SSSR count). The van der Waals surface area contributed by atoms with Gasteiger partial charge in [0, 0.05) is 12.0 Å². The lowest BCUT2D eigenvalue weighted by atomic mass is 10.1. The highest BCUT2D eigenvalue weighted by atomic mass is 16.7. The Morgan fingerprint density at radius 3 is 2.52 bits per heavy atom. The molecule has 9 nitrogen and oxygen atoms in total. The normalized spacial score (nSPS) is 20.1. The number of hydrogen-bond donors (Lipinski definition) is 2. The topological polar surface area (TPSA) is 118 Å². The molecule has 1 spiro atoms. The van der Waals surface area contributed by atoms with Crippen molar-refractivity contribution < 1.29 is 33.4 Å². The van der Waals surface area contributed by atoms with E-state index in [4.69, 9.17) is 13.9 Å². The van der Waals surface area contributed by atoms with Crippen LogP contribution in [0.4, 0.5) is 0 Å². The van der Waals surface area contributed by atoms with E-state index in [1.165, 1.54) is 11.0 Å². The summed E-state index contributed by atoms with van der Waals surface area (Å²) in [5.74, 6) is -2.71. The van der Waals surface area contributed by atoms with Gasteiger partial charge in [0.2, 0.25) is 5.91 Å². The third-order valence-electron chi connectivity index (χ3n) is 5.00. The number of nitrogens with zero attached hydrogens (tertiary/aromatic N) is 1. The van der Waals surface area contributed by atoms with Crippen molar-refractivity contribution in [2.45, 2.75) is 18.2 Å². The van der Waals surface area contributed by atoms with Crippen molar-refractivity contribution in [3.05, 3.63) is 48.2 Å². The van der Waals surface area contributed by atoms with Crippen LogP contribution in [0.1, 0.15) is 17.0 Å². The average Bonchev–Trinajstić information content (AvgIpc) is 3.47. The Kier molecular flexibility index (Phi) is 5.08. The van der Waals surface area contributed by atoms with E-state index < -0.39 is 29.6 Å². The van der Waals surface area contributed by atoms with E-state index in [9.17, 15) is 19.5 Å². The van der Waals surface area contributed by atoms with Gasteiger partial charge in [-0.1, -0.05) is 30.3 Å². The van der Waals surface area contributed by atoms with E-state index >= 15 is 0 Å². The molecule has 3 heterocycles. The van der Waals surface area contributed by atoms with Gasteiger partial charge in [-0.3, -0.25) is 9.59 Å². The zero-order valence-corrected chi connectivity index (χ0v) is 15.5. The van der Waals surface area contributed by atoms with Gasteiger partial charge in [-0.2, -0.15) is 0 Å². The van der Waals surface area contributed by atoms with Crippen molar-refractivity contribution in [2.75, 3.05) is 26.3 Å². The number of rotatable bonds is 5. The lowest BCUT2D eigenvalue weighted by Gasteiger charge is -2.23. The molecule has 29 heavy (non-hydrogen) atoms. The predicted octanol–water partition coefficient (Wildman–Crippen LogP) is 1.11. The smallest absolute Gasteiger partial charge is 0.326 e. The number of carbonyl (C=O) groups excluding carboxylic acids is 2. The quantitative estimate of drug-likeness (QED) is 0.772. The number of furan rings is 1. The van der Waals surface area contributed by atoms with Gasteiger partial charge in [0.25, 0.3) is 5.91 Å². The Bertz CT molecular complexity index is 918. The number of benzene rings is 1. The summed E-state index contributed by atoms with van der Waals surface area (Å²) >= 11 is 0. The first-order valence-electron chi connectivity index (χ1n) is 9.21. The number of nitrogens with one attached hydrogen (secondary N) is 1. The molecule has 1 atom stereocenters. The minimum Gasteiger partial charge on any atom is -0.480 e. The Morgan fingerprint density at radius 1 is 1.10 bits per heavy atom. The summed E-state index contributed by atoms with van der Waals surface area (Å²) in [4.78, 5) is 37.6. The molecular weight excluding hydrogens is 380 g/mol. The largest absolute Gasteiger partial charge is 0.480 e. The summed E-state index contributed by atoms with van der Waals surface area (Å²) < 4.78 is 16.6. The molecule has 2 aromatic rings. The molecule has 2 amide bonds. The molecule has 0 radical (unpaired) electrons. The van der Waals surface area contributed by atoms with Gasteiger partial charge in [0.05, 0.1) is 26.3 Å². The number of likely N-dealkylation sites (tertiary alicyclic amines) is 1. The predicted molar refractivity (Wildman–Crippen MR) is 98.9 cm³/mol. The first-order valence-corrected chi connectivity index (χ1v) is 9.21. The highest BCUT2D eigenvalue weighted by molar-refractivity contribution is 5.95. The third-order valence-corrected chi connectivity index (χ3v) is 5.00. The number of carboxylic acids is 1. The molecule has 2 fully saturated rings. The molecular formula is C20H20N2O7. The standard InChI is InChI=1S/C20H20N2O7/c23-17(22-12-20(27-8-9-28-20)10-14(22)19(25)26)11-21-18(24)16-7-6-15(29-16)13-4-2-1-3-5-13/h1-7,14H,8-12H2,(H,21,24)(H,25,26)/t14-/m0/s1. The van der Waals surface area contributed by atoms with E-state index in [0.29, 0.717) is 19.0 Å². The fraction of sp³-hybridized carbons (Fsp3) is 0.350. The molecule has 0 unspecified atom stereocenters. The van der Waals surface area contributed by atoms with Gasteiger partial charge in [-0.05, 0) is 12.1 Å². The minimum atomic E-state index is -1.14. The number of ether oxygens (including phenoxy) is 2. The second-order valence-corrected chi connectivity index (χ2v) is 6.90. The molecule has 0 saturated carbocycles. The second-order valence-electron chi connectivity index (χ2n) is 6.90. The molecule has 1 aromatic heterocycles. The first-order chi connectivity index (χ1) is 14.0. The fourth-order valence-electron chi connectivity index (χ4n) is 3.59. The van der Waals surface area contributed by atoms with Gasteiger partial charge in [-0.15, -0.1) is 0 Å². The number of amides is 2. The van der Waals surface area contributed by atoms with Crippen LogP contribution in [0, 0.1) is 0 Å². The van der Waals surface area contributed by atoms with Crippen LogP contribution in [-0.2, 0) is 19.1 Å². The number of hydrogen-bond acceptors (Lipinski definition) is 6. The lowest BCUT2D eigenvalue weighted by molar-refractivity contribution is -0.152. The fourth-order valence-corrected chi connectivity index (χ4v) is 3.59. The average molecular weight is 400 g/mol. The van der Waals surface area contributed by atoms with Gasteiger partial charge >= 0.3 is 5.97 Å². The summed E-state index contributed by atoms with van der Waals surface area (Å²) in [6.45, 7) is 0.359. The van der Waals surface area contributed by atoms with Crippen LogP contribution in [0.25, 0.3) is 11.3 Å². The lowest BCUT2D eigenvalue weighted by Crippen LogP contribution is -2.46. The van der Waals surface area contributed by atoms with Crippen LogP contribution in [0.3, 0.4) is 0 Å². The Labute approximate surface area is 166 Å². The van der Waals surface area contributed by atoms with E-state index in [0.717, 1.165) is 5.56 Å². The molecule has 0 aliphatic carbocycles. The van der Waals surface area contributed by atoms with Gasteiger partial charge < -0.3 is 29.2 Å². The SMILES string of the molecule is O=C(NCC(=O)N1CC2(C[C@H]1C(=O)O)OCCO2)c1ccc(-c2ccccc2)o1. The first kappa shape index (κ1) is 19.2. The van der Waals surface area contributed by atoms with Gasteiger partial charge in [-0.25, -0.2) is 4.79 Å². The number of carbonyl (C=O) groups is 3. The molecule has 2 aliphatic rings. The Balaban J connectivity index is 1.38. The minimum absolute atomic E-state index is 0.0115. The van der Waals surface area contributed by atoms with Crippen LogP contribution >= 0.6 is 0 Å². The van der Waals surface area contributed by atoms with Crippen molar-refractivity contribution in [3.8, 4) is 11.3 Å². The third kappa shape index (κ3) is 3.87. The Morgan fingerprint density at radius 2 is 1.83 bits per heavy atom. The Hall–Kier alpha value is -3.17. The summed E-state index contributed by atoms with van der Waals surface area (Å²) in [6, 6.07) is 11.4. The van der Waals surface area contributed by atoms with E-state index in [1.54, 1.807) is 6.07 Å². The van der Waals surface area contributed by atoms with Crippen molar-refractivity contribution >= 4 is 17.8 Å². The monoisotopic (exact) mass is 400 g/mol. The van der Waals surface area contributed by atoms with Crippen LogP contribution in [0.5, 0.6) is 0 Å². The zero-order chi connectivity index (χ0) is 20.4. The second kappa shape index (κ2) is 7.69. The van der Waals surface area contributed by atoms with E-state index in [2.05, 4.69) is 5.32 Å². The maximum Gasteiger partial charge on any atom is 0.326 e. The molecule has 2 N–H and O–H groups in total. The molecule has 152 valence electrons. The summed E-state index contributed by atoms with van der Waals surface area (Å²) in [5, 5.41) is 11.9. The van der Waals surface area contributed by atoms with Crippen molar-refractivity contribution in [3.63, 3.8) is 0 Å². The van der Waals surface area contributed by atoms with Crippen molar-refractivity contribution in [2.24, 2.45) is 0 Å². The molecule has 2 aliphatic heterocycles. The van der Waals surface area contributed by atoms with Crippen LogP contribution in [-0.4, -0.2) is 65.9 Å². The van der Waals surface area contributed by atoms with Crippen LogP contribution in [0.15, 0.2) is 46.9 Å². The van der Waals surface area contributed by atoms with Gasteiger partial charge in [0.1, 0.15) is 11.8 Å². The molecule has 1 aromatic carbocycles. The zero-order valence-electron chi connectivity index (χ0n) is 15.5. The maximum atomic E-state index is 12.6. The molecule has 0 bridgehead atoms. The van der Waals surface area contributed by atoms with Crippen molar-refractivity contribution in [1.29, 1.82) is 0 Å². The van der Waals surface area contributed by atoms with E-state index in [-0.39, 0.29) is 25.3 Å². The summed E-state index contributed by atoms with van der Waals surface area (Å²) in [6.07, 6.45) is 0.0562. The number of carboxylic acid groups (broad SMARTS) is 1. The number of aliphatic carboxylic acids is 1. The molecule has 2 saturated heterocycles. The van der Waals surface area contributed by atoms with Crippen molar-refractivity contribution in [1.82, 2.24) is 10.2 Å². The van der Waals surface area contributed by atoms with Gasteiger partial charge in [0.15, 0.2) is 11.5 Å².